The predicted octanol–water partition coefficient (Wildman–Crippen LogP) is 3.71. The smallest absolute Gasteiger partial charge is 0.224 e. The Morgan fingerprint density at radius 3 is 2.73 bits per heavy atom. The van der Waals surface area contributed by atoms with Crippen LogP contribution in [0.2, 0.25) is 0 Å². The van der Waals surface area contributed by atoms with Crippen LogP contribution in [-0.4, -0.2) is 11.7 Å². The number of rotatable bonds is 3. The number of anilines is 1. The van der Waals surface area contributed by atoms with Crippen LogP contribution in [-0.2, 0) is 11.2 Å². The maximum Gasteiger partial charge on any atom is 0.224 e. The molecule has 1 aliphatic heterocycles. The predicted molar refractivity (Wildman–Crippen MR) is 79.9 cm³/mol. The summed E-state index contributed by atoms with van der Waals surface area (Å²) in [5, 5.41) is 2.78. The number of ketones is 1. The molecule has 0 bridgehead atoms. The number of benzene rings is 2. The van der Waals surface area contributed by atoms with Gasteiger partial charge in [-0.25, -0.2) is 4.39 Å². The number of hydrogen-bond acceptors (Lipinski definition) is 3. The number of hydrogen-bond donors (Lipinski definition) is 1. The highest BCUT2D eigenvalue weighted by molar-refractivity contribution is 5.94. The second-order valence-electron chi connectivity index (χ2n) is 5.17. The van der Waals surface area contributed by atoms with E-state index in [4.69, 9.17) is 4.74 Å². The maximum atomic E-state index is 14.0. The molecule has 5 heteroatoms. The van der Waals surface area contributed by atoms with E-state index in [9.17, 15) is 14.0 Å². The van der Waals surface area contributed by atoms with Crippen LogP contribution < -0.4 is 10.1 Å². The molecule has 2 aromatic carbocycles. The van der Waals surface area contributed by atoms with Crippen LogP contribution in [0.25, 0.3) is 0 Å². The van der Waals surface area contributed by atoms with Crippen molar-refractivity contribution in [1.82, 2.24) is 0 Å². The minimum atomic E-state index is -0.585. The Bertz CT molecular complexity index is 770. The van der Waals surface area contributed by atoms with E-state index in [0.717, 1.165) is 17.3 Å². The van der Waals surface area contributed by atoms with E-state index in [1.807, 2.05) is 0 Å². The molecule has 0 atom stereocenters. The lowest BCUT2D eigenvalue weighted by molar-refractivity contribution is -0.116. The molecule has 22 heavy (non-hydrogen) atoms. The van der Waals surface area contributed by atoms with Crippen LogP contribution in [0.15, 0.2) is 36.4 Å². The monoisotopic (exact) mass is 299 g/mol. The average Bonchev–Trinajstić information content (AvgIpc) is 2.49. The highest BCUT2D eigenvalue weighted by Crippen LogP contribution is 2.30. The van der Waals surface area contributed by atoms with Gasteiger partial charge >= 0.3 is 0 Å². The lowest BCUT2D eigenvalue weighted by atomic mass is 10.0. The number of ether oxygens (including phenoxy) is 1. The average molecular weight is 299 g/mol. The molecule has 1 N–H and O–H groups in total. The first kappa shape index (κ1) is 14.3. The Labute approximate surface area is 126 Å². The number of fused-ring (bicyclic) bond motifs is 1. The van der Waals surface area contributed by atoms with Gasteiger partial charge in [-0.1, -0.05) is 0 Å². The topological polar surface area (TPSA) is 55.4 Å². The van der Waals surface area contributed by atoms with Crippen molar-refractivity contribution in [2.24, 2.45) is 0 Å². The largest absolute Gasteiger partial charge is 0.454 e. The Hall–Kier alpha value is -2.69. The first-order valence-corrected chi connectivity index (χ1v) is 6.94. The minimum Gasteiger partial charge on any atom is -0.454 e. The molecule has 2 aromatic rings. The van der Waals surface area contributed by atoms with Crippen molar-refractivity contribution in [2.75, 3.05) is 5.32 Å². The summed E-state index contributed by atoms with van der Waals surface area (Å²) in [6.07, 6.45) is 1.06. The fraction of sp³-hybridized carbons (Fsp3) is 0.176. The molecule has 112 valence electrons. The zero-order valence-corrected chi connectivity index (χ0v) is 12.0. The molecule has 1 amide bonds. The number of aryl methyl sites for hydroxylation is 1. The van der Waals surface area contributed by atoms with Crippen molar-refractivity contribution in [3.8, 4) is 11.5 Å². The van der Waals surface area contributed by atoms with Crippen molar-refractivity contribution < 1.29 is 18.7 Å². The van der Waals surface area contributed by atoms with Crippen LogP contribution in [0.3, 0.4) is 0 Å². The lowest BCUT2D eigenvalue weighted by Gasteiger charge is -2.17. The van der Waals surface area contributed by atoms with Gasteiger partial charge in [0.05, 0.1) is 0 Å². The zero-order valence-electron chi connectivity index (χ0n) is 12.0. The molecular weight excluding hydrogens is 285 g/mol. The normalized spacial score (nSPS) is 13.3. The van der Waals surface area contributed by atoms with E-state index in [0.29, 0.717) is 24.2 Å². The molecule has 0 saturated heterocycles. The van der Waals surface area contributed by atoms with Crippen molar-refractivity contribution in [3.63, 3.8) is 0 Å². The molecule has 0 aliphatic carbocycles. The first-order chi connectivity index (χ1) is 10.5. The quantitative estimate of drug-likeness (QED) is 0.879. The number of amides is 1. The maximum absolute atomic E-state index is 14.0. The molecule has 3 rings (SSSR count). The van der Waals surface area contributed by atoms with Gasteiger partial charge in [-0.2, -0.15) is 0 Å². The highest BCUT2D eigenvalue weighted by atomic mass is 19.1. The molecule has 1 heterocycles. The minimum absolute atomic E-state index is 0.00738. The molecule has 0 spiro atoms. The van der Waals surface area contributed by atoms with Gasteiger partial charge in [-0.3, -0.25) is 9.59 Å². The van der Waals surface area contributed by atoms with E-state index in [2.05, 4.69) is 5.32 Å². The second-order valence-corrected chi connectivity index (χ2v) is 5.17. The Kier molecular flexibility index (Phi) is 3.63. The van der Waals surface area contributed by atoms with Crippen LogP contribution >= 0.6 is 0 Å². The molecule has 0 radical (unpaired) electrons. The third-order valence-electron chi connectivity index (χ3n) is 3.54. The van der Waals surface area contributed by atoms with E-state index < -0.39 is 5.82 Å². The van der Waals surface area contributed by atoms with Crippen LogP contribution in [0.1, 0.15) is 29.3 Å². The summed E-state index contributed by atoms with van der Waals surface area (Å²) >= 11 is 0. The first-order valence-electron chi connectivity index (χ1n) is 6.94. The summed E-state index contributed by atoms with van der Waals surface area (Å²) in [5.41, 5.74) is 2.02. The third kappa shape index (κ3) is 2.83. The van der Waals surface area contributed by atoms with Gasteiger partial charge in [0.1, 0.15) is 5.75 Å². The van der Waals surface area contributed by atoms with Crippen LogP contribution in [0.5, 0.6) is 11.5 Å². The molecule has 0 saturated carbocycles. The lowest BCUT2D eigenvalue weighted by Crippen LogP contribution is -2.18. The standard InChI is InChI=1S/C17H14FNO3/c1-10(20)11-2-6-16(14(18)9-11)22-13-4-5-15-12(8-13)3-7-17(21)19-15/h2,4-6,8-9H,3,7H2,1H3,(H,19,21). The fourth-order valence-electron chi connectivity index (χ4n) is 2.35. The summed E-state index contributed by atoms with van der Waals surface area (Å²) in [4.78, 5) is 22.5. The number of nitrogens with one attached hydrogen (secondary N) is 1. The zero-order chi connectivity index (χ0) is 15.7. The number of halogens is 1. The fourth-order valence-corrected chi connectivity index (χ4v) is 2.35. The molecular formula is C17H14FNO3. The summed E-state index contributed by atoms with van der Waals surface area (Å²) in [6, 6.07) is 9.32. The molecule has 0 unspecified atom stereocenters. The molecule has 0 fully saturated rings. The number of Topliss-reactive ketones (excluding diaryl/α,β-unsaturated/α-hetero) is 1. The van der Waals surface area contributed by atoms with Gasteiger partial charge in [0.15, 0.2) is 17.3 Å². The van der Waals surface area contributed by atoms with E-state index in [-0.39, 0.29) is 17.4 Å². The van der Waals surface area contributed by atoms with Crippen molar-refractivity contribution >= 4 is 17.4 Å². The van der Waals surface area contributed by atoms with Gasteiger partial charge in [0, 0.05) is 17.7 Å². The van der Waals surface area contributed by atoms with E-state index in [1.54, 1.807) is 18.2 Å². The van der Waals surface area contributed by atoms with Gasteiger partial charge in [0.25, 0.3) is 0 Å². The highest BCUT2D eigenvalue weighted by Gasteiger charge is 2.16. The van der Waals surface area contributed by atoms with E-state index >= 15 is 0 Å². The van der Waals surface area contributed by atoms with Gasteiger partial charge in [0.2, 0.25) is 5.91 Å². The number of carbonyl (C=O) groups excluding carboxylic acids is 2. The van der Waals surface area contributed by atoms with Crippen molar-refractivity contribution in [1.29, 1.82) is 0 Å². The SMILES string of the molecule is CC(=O)c1ccc(Oc2ccc3c(c2)CCC(=O)N3)c(F)c1. The Morgan fingerprint density at radius 2 is 2.00 bits per heavy atom. The molecule has 4 nitrogen and oxygen atoms in total. The van der Waals surface area contributed by atoms with Crippen molar-refractivity contribution in [2.45, 2.75) is 19.8 Å². The summed E-state index contributed by atoms with van der Waals surface area (Å²) in [5.74, 6) is -0.241. The second kappa shape index (κ2) is 5.60. The third-order valence-corrected chi connectivity index (χ3v) is 3.54. The molecule has 1 aliphatic rings. The van der Waals surface area contributed by atoms with Crippen LogP contribution in [0.4, 0.5) is 10.1 Å². The Balaban J connectivity index is 1.84. The molecule has 0 aromatic heterocycles. The Morgan fingerprint density at radius 1 is 1.18 bits per heavy atom. The summed E-state index contributed by atoms with van der Waals surface area (Å²) < 4.78 is 19.5. The van der Waals surface area contributed by atoms with Gasteiger partial charge in [-0.15, -0.1) is 0 Å². The number of carbonyl (C=O) groups is 2. The van der Waals surface area contributed by atoms with Crippen molar-refractivity contribution in [3.05, 3.63) is 53.3 Å². The van der Waals surface area contributed by atoms with Crippen LogP contribution in [0, 0.1) is 5.82 Å². The van der Waals surface area contributed by atoms with Gasteiger partial charge in [-0.05, 0) is 55.3 Å². The van der Waals surface area contributed by atoms with Gasteiger partial charge < -0.3 is 10.1 Å². The van der Waals surface area contributed by atoms with E-state index in [1.165, 1.54) is 19.1 Å². The summed E-state index contributed by atoms with van der Waals surface area (Å²) in [7, 11) is 0. The summed E-state index contributed by atoms with van der Waals surface area (Å²) in [6.45, 7) is 1.38.